The summed E-state index contributed by atoms with van der Waals surface area (Å²) in [5, 5.41) is 10.7. The summed E-state index contributed by atoms with van der Waals surface area (Å²) in [6, 6.07) is 4.41. The van der Waals surface area contributed by atoms with Crippen LogP contribution in [0.2, 0.25) is 0 Å². The summed E-state index contributed by atoms with van der Waals surface area (Å²) in [6.45, 7) is 9.76. The Labute approximate surface area is 162 Å². The SMILES string of the molecule is C=C1CN(S(=O)(=O)c2ccc([N+](=O)[O-])cc2)CC(=C)C1(C(C)=O)C(=O)OCC. The average molecular weight is 408 g/mol. The van der Waals surface area contributed by atoms with Crippen molar-refractivity contribution >= 4 is 27.5 Å². The van der Waals surface area contributed by atoms with Gasteiger partial charge in [0, 0.05) is 25.2 Å². The van der Waals surface area contributed by atoms with Crippen LogP contribution in [0.15, 0.2) is 53.5 Å². The predicted molar refractivity (Wildman–Crippen MR) is 99.9 cm³/mol. The van der Waals surface area contributed by atoms with Gasteiger partial charge in [-0.15, -0.1) is 0 Å². The zero-order chi connectivity index (χ0) is 21.3. The Morgan fingerprint density at radius 2 is 1.71 bits per heavy atom. The molecular weight excluding hydrogens is 388 g/mol. The minimum Gasteiger partial charge on any atom is -0.465 e. The molecule has 0 bridgehead atoms. The van der Waals surface area contributed by atoms with E-state index >= 15 is 0 Å². The summed E-state index contributed by atoms with van der Waals surface area (Å²) in [5.74, 6) is -1.38. The number of carbonyl (C=O) groups is 2. The summed E-state index contributed by atoms with van der Waals surface area (Å²) in [6.07, 6.45) is 0. The summed E-state index contributed by atoms with van der Waals surface area (Å²) >= 11 is 0. The van der Waals surface area contributed by atoms with Gasteiger partial charge in [-0.05, 0) is 37.1 Å². The molecule has 150 valence electrons. The van der Waals surface area contributed by atoms with E-state index in [0.717, 1.165) is 28.6 Å². The maximum absolute atomic E-state index is 12.9. The van der Waals surface area contributed by atoms with E-state index in [9.17, 15) is 28.1 Å². The Morgan fingerprint density at radius 3 is 2.11 bits per heavy atom. The van der Waals surface area contributed by atoms with Crippen molar-refractivity contribution in [2.45, 2.75) is 18.7 Å². The van der Waals surface area contributed by atoms with Crippen molar-refractivity contribution in [1.29, 1.82) is 0 Å². The van der Waals surface area contributed by atoms with Crippen LogP contribution in [-0.2, 0) is 24.3 Å². The Morgan fingerprint density at radius 1 is 1.21 bits per heavy atom. The molecule has 0 aliphatic carbocycles. The van der Waals surface area contributed by atoms with E-state index in [0.29, 0.717) is 0 Å². The lowest BCUT2D eigenvalue weighted by Crippen LogP contribution is -2.53. The van der Waals surface area contributed by atoms with Crippen LogP contribution in [0.1, 0.15) is 13.8 Å². The number of sulfonamides is 1. The number of benzene rings is 1. The second-order valence-corrected chi connectivity index (χ2v) is 8.20. The molecule has 1 aromatic carbocycles. The summed E-state index contributed by atoms with van der Waals surface area (Å²) in [4.78, 5) is 34.8. The van der Waals surface area contributed by atoms with Crippen molar-refractivity contribution in [1.82, 2.24) is 4.31 Å². The van der Waals surface area contributed by atoms with Crippen molar-refractivity contribution < 1.29 is 27.7 Å². The molecule has 1 aromatic rings. The van der Waals surface area contributed by atoms with Gasteiger partial charge in [-0.2, -0.15) is 4.31 Å². The lowest BCUT2D eigenvalue weighted by molar-refractivity contribution is -0.384. The van der Waals surface area contributed by atoms with Crippen molar-refractivity contribution in [3.63, 3.8) is 0 Å². The first kappa shape index (κ1) is 21.5. The third kappa shape index (κ3) is 3.36. The molecule has 0 saturated carbocycles. The maximum Gasteiger partial charge on any atom is 0.328 e. The molecule has 1 fully saturated rings. The van der Waals surface area contributed by atoms with Gasteiger partial charge in [0.2, 0.25) is 10.0 Å². The first-order valence-electron chi connectivity index (χ1n) is 8.28. The quantitative estimate of drug-likeness (QED) is 0.231. The normalized spacial score (nSPS) is 17.2. The number of hydrogen-bond donors (Lipinski definition) is 0. The lowest BCUT2D eigenvalue weighted by Gasteiger charge is -2.41. The summed E-state index contributed by atoms with van der Waals surface area (Å²) < 4.78 is 31.8. The van der Waals surface area contributed by atoms with Crippen LogP contribution in [0.5, 0.6) is 0 Å². The number of ketones is 1. The highest BCUT2D eigenvalue weighted by atomic mass is 32.2. The molecule has 0 unspecified atom stereocenters. The van der Waals surface area contributed by atoms with Crippen LogP contribution in [0.4, 0.5) is 5.69 Å². The van der Waals surface area contributed by atoms with Gasteiger partial charge in [0.15, 0.2) is 11.2 Å². The smallest absolute Gasteiger partial charge is 0.328 e. The van der Waals surface area contributed by atoms with E-state index in [4.69, 9.17) is 4.74 Å². The van der Waals surface area contributed by atoms with Crippen LogP contribution in [-0.4, -0.2) is 49.1 Å². The largest absolute Gasteiger partial charge is 0.465 e. The van der Waals surface area contributed by atoms with E-state index in [1.54, 1.807) is 6.92 Å². The minimum atomic E-state index is -4.06. The zero-order valence-corrected chi connectivity index (χ0v) is 16.3. The van der Waals surface area contributed by atoms with Crippen LogP contribution < -0.4 is 0 Å². The maximum atomic E-state index is 12.9. The van der Waals surface area contributed by atoms with Gasteiger partial charge in [0.1, 0.15) is 0 Å². The standard InChI is InChI=1S/C18H20N2O7S/c1-5-27-17(22)18(14(4)21)12(2)10-19(11-13(18)3)28(25,26)16-8-6-15(7-9-16)20(23)24/h6-9H,2-3,5,10-11H2,1,4H3. The number of rotatable bonds is 6. The second-order valence-electron chi connectivity index (χ2n) is 6.26. The number of carbonyl (C=O) groups excluding carboxylic acids is 2. The fourth-order valence-electron chi connectivity index (χ4n) is 3.20. The molecule has 9 nitrogen and oxygen atoms in total. The van der Waals surface area contributed by atoms with Gasteiger partial charge < -0.3 is 4.74 Å². The van der Waals surface area contributed by atoms with Crippen molar-refractivity contribution in [3.8, 4) is 0 Å². The Kier molecular flexibility index (Phi) is 5.86. The van der Waals surface area contributed by atoms with Crippen LogP contribution in [0, 0.1) is 15.5 Å². The topological polar surface area (TPSA) is 124 Å². The van der Waals surface area contributed by atoms with Gasteiger partial charge in [-0.3, -0.25) is 19.7 Å². The monoisotopic (exact) mass is 408 g/mol. The number of piperidine rings is 1. The van der Waals surface area contributed by atoms with Crippen LogP contribution >= 0.6 is 0 Å². The van der Waals surface area contributed by atoms with Gasteiger partial charge in [-0.1, -0.05) is 13.2 Å². The van der Waals surface area contributed by atoms with Crippen LogP contribution in [0.3, 0.4) is 0 Å². The molecular formula is C18H20N2O7S. The molecule has 0 spiro atoms. The molecule has 10 heteroatoms. The molecule has 1 heterocycles. The van der Waals surface area contributed by atoms with Gasteiger partial charge >= 0.3 is 5.97 Å². The number of hydrogen-bond acceptors (Lipinski definition) is 7. The highest BCUT2D eigenvalue weighted by molar-refractivity contribution is 7.89. The first-order chi connectivity index (χ1) is 13.0. The fraction of sp³-hybridized carbons (Fsp3) is 0.333. The molecule has 2 rings (SSSR count). The van der Waals surface area contributed by atoms with Gasteiger partial charge in [0.05, 0.1) is 16.4 Å². The first-order valence-corrected chi connectivity index (χ1v) is 9.73. The molecule has 28 heavy (non-hydrogen) atoms. The lowest BCUT2D eigenvalue weighted by atomic mass is 9.69. The molecule has 1 aliphatic heterocycles. The van der Waals surface area contributed by atoms with E-state index in [2.05, 4.69) is 13.2 Å². The molecule has 0 amide bonds. The number of esters is 1. The Hall–Kier alpha value is -2.85. The molecule has 1 aliphatic rings. The number of Topliss-reactive ketones (excluding diaryl/α,β-unsaturated/α-hetero) is 1. The summed E-state index contributed by atoms with van der Waals surface area (Å²) in [5.41, 5.74) is -1.96. The highest BCUT2D eigenvalue weighted by Crippen LogP contribution is 2.42. The number of nitro groups is 1. The highest BCUT2D eigenvalue weighted by Gasteiger charge is 2.54. The molecule has 0 radical (unpaired) electrons. The third-order valence-electron chi connectivity index (χ3n) is 4.59. The van der Waals surface area contributed by atoms with E-state index < -0.39 is 32.1 Å². The third-order valence-corrected chi connectivity index (χ3v) is 6.40. The predicted octanol–water partition coefficient (Wildman–Crippen LogP) is 1.85. The van der Waals surface area contributed by atoms with Gasteiger partial charge in [0.25, 0.3) is 5.69 Å². The number of nitrogens with zero attached hydrogens (tertiary/aromatic N) is 2. The number of ether oxygens (including phenoxy) is 1. The molecule has 1 saturated heterocycles. The molecule has 0 aromatic heterocycles. The number of non-ortho nitro benzene ring substituents is 1. The van der Waals surface area contributed by atoms with Crippen molar-refractivity contribution in [3.05, 3.63) is 58.7 Å². The van der Waals surface area contributed by atoms with Gasteiger partial charge in [-0.25, -0.2) is 8.42 Å². The Bertz CT molecular complexity index is 946. The van der Waals surface area contributed by atoms with E-state index in [1.807, 2.05) is 0 Å². The average Bonchev–Trinajstić information content (AvgIpc) is 2.61. The Balaban J connectivity index is 2.40. The van der Waals surface area contributed by atoms with Crippen molar-refractivity contribution in [2.75, 3.05) is 19.7 Å². The fourth-order valence-corrected chi connectivity index (χ4v) is 4.63. The minimum absolute atomic E-state index is 0.0409. The number of nitro benzene ring substituents is 1. The van der Waals surface area contributed by atoms with E-state index in [1.165, 1.54) is 6.92 Å². The van der Waals surface area contributed by atoms with Crippen molar-refractivity contribution in [2.24, 2.45) is 5.41 Å². The zero-order valence-electron chi connectivity index (χ0n) is 15.5. The molecule has 0 N–H and O–H groups in total. The van der Waals surface area contributed by atoms with E-state index in [-0.39, 0.29) is 41.4 Å². The second kappa shape index (κ2) is 7.64. The summed E-state index contributed by atoms with van der Waals surface area (Å²) in [7, 11) is -4.06. The molecule has 0 atom stereocenters. The van der Waals surface area contributed by atoms with Crippen LogP contribution in [0.25, 0.3) is 0 Å².